The molecule has 1 aromatic heterocycles. The smallest absolute Gasteiger partial charge is 0.338 e. The lowest BCUT2D eigenvalue weighted by Crippen LogP contribution is -2.39. The van der Waals surface area contributed by atoms with Crippen molar-refractivity contribution in [1.29, 1.82) is 0 Å². The van der Waals surface area contributed by atoms with E-state index in [9.17, 15) is 9.59 Å². The first-order chi connectivity index (χ1) is 16.4. The van der Waals surface area contributed by atoms with Gasteiger partial charge in [-0.15, -0.1) is 0 Å². The first kappa shape index (κ1) is 24.0. The average molecular weight is 543 g/mol. The number of allylic oxidation sites excluding steroid dienone is 1. The summed E-state index contributed by atoms with van der Waals surface area (Å²) in [5, 5.41) is 0. The number of aromatic nitrogens is 1. The fourth-order valence-electron chi connectivity index (χ4n) is 3.84. The Labute approximate surface area is 208 Å². The molecule has 0 N–H and O–H groups in total. The minimum Gasteiger partial charge on any atom is -0.497 e. The zero-order valence-corrected chi connectivity index (χ0v) is 21.5. The molecule has 0 amide bonds. The Morgan fingerprint density at radius 2 is 2.00 bits per heavy atom. The van der Waals surface area contributed by atoms with Crippen LogP contribution < -0.4 is 24.4 Å². The van der Waals surface area contributed by atoms with Crippen molar-refractivity contribution in [2.75, 3.05) is 20.8 Å². The molecular weight excluding hydrogens is 520 g/mol. The average Bonchev–Trinajstić information content (AvgIpc) is 3.12. The molecule has 2 aromatic carbocycles. The van der Waals surface area contributed by atoms with Crippen LogP contribution in [0, 0.1) is 0 Å². The maximum atomic E-state index is 13.6. The Kier molecular flexibility index (Phi) is 7.04. The third kappa shape index (κ3) is 4.45. The maximum absolute atomic E-state index is 13.6. The number of fused-ring (bicyclic) bond motifs is 1. The second kappa shape index (κ2) is 9.99. The van der Waals surface area contributed by atoms with Crippen LogP contribution in [0.3, 0.4) is 0 Å². The van der Waals surface area contributed by atoms with Crippen molar-refractivity contribution in [3.8, 4) is 11.5 Å². The number of hydrogen-bond donors (Lipinski definition) is 0. The van der Waals surface area contributed by atoms with Crippen molar-refractivity contribution in [1.82, 2.24) is 4.57 Å². The van der Waals surface area contributed by atoms with E-state index >= 15 is 0 Å². The summed E-state index contributed by atoms with van der Waals surface area (Å²) < 4.78 is 18.8. The molecule has 7 nitrogen and oxygen atoms in total. The lowest BCUT2D eigenvalue weighted by molar-refractivity contribution is -0.139. The van der Waals surface area contributed by atoms with Crippen LogP contribution in [0.15, 0.2) is 68.0 Å². The first-order valence-corrected chi connectivity index (χ1v) is 12.2. The van der Waals surface area contributed by atoms with Gasteiger partial charge in [-0.2, -0.15) is 0 Å². The SMILES string of the molecule is CCOC(=O)C1=C(C)N=c2s/c(=C/c3cccc(OC)c3)c(=O)n2[C@H]1c1ccc(OC)c(Br)c1. The molecule has 9 heteroatoms. The molecule has 0 bridgehead atoms. The Balaban J connectivity index is 1.95. The summed E-state index contributed by atoms with van der Waals surface area (Å²) in [4.78, 5) is 31.7. The predicted octanol–water partition coefficient (Wildman–Crippen LogP) is 3.58. The molecule has 34 heavy (non-hydrogen) atoms. The molecule has 176 valence electrons. The quantitative estimate of drug-likeness (QED) is 0.445. The number of methoxy groups -OCH3 is 2. The lowest BCUT2D eigenvalue weighted by atomic mass is 9.96. The second-order valence-electron chi connectivity index (χ2n) is 7.47. The van der Waals surface area contributed by atoms with E-state index in [0.717, 1.165) is 11.1 Å². The van der Waals surface area contributed by atoms with Crippen LogP contribution in [0.5, 0.6) is 11.5 Å². The molecule has 0 fully saturated rings. The van der Waals surface area contributed by atoms with Crippen LogP contribution in [0.2, 0.25) is 0 Å². The molecule has 0 radical (unpaired) electrons. The van der Waals surface area contributed by atoms with E-state index in [1.165, 1.54) is 11.3 Å². The van der Waals surface area contributed by atoms with Gasteiger partial charge in [0.2, 0.25) is 0 Å². The highest BCUT2D eigenvalue weighted by molar-refractivity contribution is 9.10. The zero-order chi connectivity index (χ0) is 24.4. The highest BCUT2D eigenvalue weighted by Gasteiger charge is 2.33. The number of halogens is 1. The summed E-state index contributed by atoms with van der Waals surface area (Å²) in [5.74, 6) is 0.846. The Hall–Kier alpha value is -3.17. The fraction of sp³-hybridized carbons (Fsp3) is 0.240. The van der Waals surface area contributed by atoms with E-state index in [2.05, 4.69) is 20.9 Å². The summed E-state index contributed by atoms with van der Waals surface area (Å²) in [6.07, 6.45) is 1.80. The Morgan fingerprint density at radius 1 is 1.21 bits per heavy atom. The molecular formula is C25H23BrN2O5S. The lowest BCUT2D eigenvalue weighted by Gasteiger charge is -2.25. The third-order valence-electron chi connectivity index (χ3n) is 5.40. The van der Waals surface area contributed by atoms with Crippen molar-refractivity contribution in [2.24, 2.45) is 4.99 Å². The van der Waals surface area contributed by atoms with Gasteiger partial charge in [0, 0.05) is 0 Å². The standard InChI is InChI=1S/C25H23BrN2O5S/c1-5-33-24(30)21-14(2)27-25-28(22(21)16-9-10-19(32-4)18(26)13-16)23(29)20(34-25)12-15-7-6-8-17(11-15)31-3/h6-13,22H,5H2,1-4H3/b20-12+/t22-/m0/s1. The third-order valence-corrected chi connectivity index (χ3v) is 7.00. The molecule has 1 aliphatic heterocycles. The van der Waals surface area contributed by atoms with Crippen molar-refractivity contribution < 1.29 is 19.0 Å². The van der Waals surface area contributed by atoms with Gasteiger partial charge in [-0.3, -0.25) is 9.36 Å². The summed E-state index contributed by atoms with van der Waals surface area (Å²) in [6, 6.07) is 12.2. The van der Waals surface area contributed by atoms with Gasteiger partial charge in [-0.05, 0) is 71.2 Å². The molecule has 0 unspecified atom stereocenters. The van der Waals surface area contributed by atoms with Crippen LogP contribution in [0.25, 0.3) is 6.08 Å². The molecule has 0 aliphatic carbocycles. The van der Waals surface area contributed by atoms with Crippen LogP contribution in [0.1, 0.15) is 31.0 Å². The van der Waals surface area contributed by atoms with Gasteiger partial charge in [0.1, 0.15) is 11.5 Å². The molecule has 0 saturated heterocycles. The predicted molar refractivity (Wildman–Crippen MR) is 134 cm³/mol. The Bertz CT molecular complexity index is 1470. The van der Waals surface area contributed by atoms with Crippen molar-refractivity contribution in [3.63, 3.8) is 0 Å². The number of thiazole rings is 1. The van der Waals surface area contributed by atoms with E-state index in [4.69, 9.17) is 14.2 Å². The van der Waals surface area contributed by atoms with E-state index in [1.54, 1.807) is 44.8 Å². The monoisotopic (exact) mass is 542 g/mol. The summed E-state index contributed by atoms with van der Waals surface area (Å²) >= 11 is 4.79. The number of ether oxygens (including phenoxy) is 3. The van der Waals surface area contributed by atoms with E-state index in [1.807, 2.05) is 36.4 Å². The van der Waals surface area contributed by atoms with Gasteiger partial charge in [0.25, 0.3) is 5.56 Å². The molecule has 2 heterocycles. The summed E-state index contributed by atoms with van der Waals surface area (Å²) in [7, 11) is 3.18. The van der Waals surface area contributed by atoms with Gasteiger partial charge in [0.05, 0.1) is 47.1 Å². The minimum absolute atomic E-state index is 0.217. The number of benzene rings is 2. The zero-order valence-electron chi connectivity index (χ0n) is 19.1. The van der Waals surface area contributed by atoms with Gasteiger partial charge >= 0.3 is 5.97 Å². The molecule has 0 spiro atoms. The number of nitrogens with zero attached hydrogens (tertiary/aromatic N) is 2. The normalized spacial score (nSPS) is 15.6. The maximum Gasteiger partial charge on any atom is 0.338 e. The van der Waals surface area contributed by atoms with E-state index < -0.39 is 12.0 Å². The summed E-state index contributed by atoms with van der Waals surface area (Å²) in [6.45, 7) is 3.72. The molecule has 3 aromatic rings. The van der Waals surface area contributed by atoms with Crippen molar-refractivity contribution >= 4 is 39.3 Å². The Morgan fingerprint density at radius 3 is 2.68 bits per heavy atom. The van der Waals surface area contributed by atoms with Crippen molar-refractivity contribution in [3.05, 3.63) is 89.0 Å². The number of hydrogen-bond acceptors (Lipinski definition) is 7. The van der Waals surface area contributed by atoms with Crippen molar-refractivity contribution in [2.45, 2.75) is 19.9 Å². The highest BCUT2D eigenvalue weighted by atomic mass is 79.9. The van der Waals surface area contributed by atoms with Crippen LogP contribution in [-0.2, 0) is 9.53 Å². The molecule has 1 atom stereocenters. The molecule has 0 saturated carbocycles. The van der Waals surface area contributed by atoms with Crippen LogP contribution in [-0.4, -0.2) is 31.4 Å². The number of carbonyl (C=O) groups excluding carboxylic acids is 1. The van der Waals surface area contributed by atoms with E-state index in [0.29, 0.717) is 36.6 Å². The van der Waals surface area contributed by atoms with Crippen LogP contribution in [0.4, 0.5) is 0 Å². The largest absolute Gasteiger partial charge is 0.497 e. The fourth-order valence-corrected chi connectivity index (χ4v) is 5.45. The number of esters is 1. The minimum atomic E-state index is -0.690. The highest BCUT2D eigenvalue weighted by Crippen LogP contribution is 2.35. The van der Waals surface area contributed by atoms with E-state index in [-0.39, 0.29) is 12.2 Å². The number of carbonyl (C=O) groups is 1. The molecule has 4 rings (SSSR count). The van der Waals surface area contributed by atoms with Gasteiger partial charge < -0.3 is 14.2 Å². The second-order valence-corrected chi connectivity index (χ2v) is 9.34. The van der Waals surface area contributed by atoms with Gasteiger partial charge in [-0.1, -0.05) is 29.5 Å². The number of rotatable bonds is 6. The van der Waals surface area contributed by atoms with Gasteiger partial charge in [-0.25, -0.2) is 9.79 Å². The van der Waals surface area contributed by atoms with Gasteiger partial charge in [0.15, 0.2) is 4.80 Å². The topological polar surface area (TPSA) is 79.1 Å². The first-order valence-electron chi connectivity index (χ1n) is 10.5. The molecule has 1 aliphatic rings. The summed E-state index contributed by atoms with van der Waals surface area (Å²) in [5.41, 5.74) is 2.18. The van der Waals surface area contributed by atoms with Crippen LogP contribution >= 0.6 is 27.3 Å².